The lowest BCUT2D eigenvalue weighted by atomic mass is 10.2. The Morgan fingerprint density at radius 3 is 2.61 bits per heavy atom. The summed E-state index contributed by atoms with van der Waals surface area (Å²) in [6.45, 7) is 2.70. The first-order valence-electron chi connectivity index (χ1n) is 5.43. The van der Waals surface area contributed by atoms with E-state index >= 15 is 0 Å². The minimum atomic E-state index is -3.50. The SMILES string of the molecule is Cc1ccc(S(=O)(=O)N2CCC(N)C2)c(Cl)c1.Cl. The van der Waals surface area contributed by atoms with Gasteiger partial charge in [-0.05, 0) is 31.0 Å². The van der Waals surface area contributed by atoms with Gasteiger partial charge in [0.15, 0.2) is 0 Å². The van der Waals surface area contributed by atoms with Gasteiger partial charge in [0, 0.05) is 19.1 Å². The second-order valence-electron chi connectivity index (χ2n) is 4.35. The first-order valence-corrected chi connectivity index (χ1v) is 7.25. The first kappa shape index (κ1) is 15.7. The number of rotatable bonds is 2. The molecule has 0 spiro atoms. The number of halogens is 2. The maximum Gasteiger partial charge on any atom is 0.244 e. The minimum Gasteiger partial charge on any atom is -0.326 e. The highest BCUT2D eigenvalue weighted by atomic mass is 35.5. The van der Waals surface area contributed by atoms with Gasteiger partial charge >= 0.3 is 0 Å². The molecule has 1 aromatic rings. The highest BCUT2D eigenvalue weighted by molar-refractivity contribution is 7.89. The average molecular weight is 311 g/mol. The minimum absolute atomic E-state index is 0. The van der Waals surface area contributed by atoms with Crippen LogP contribution in [0.5, 0.6) is 0 Å². The molecular weight excluding hydrogens is 295 g/mol. The molecule has 1 unspecified atom stereocenters. The second-order valence-corrected chi connectivity index (χ2v) is 6.66. The van der Waals surface area contributed by atoms with Gasteiger partial charge in [0.05, 0.1) is 5.02 Å². The average Bonchev–Trinajstić information content (AvgIpc) is 2.64. The smallest absolute Gasteiger partial charge is 0.244 e. The van der Waals surface area contributed by atoms with Crippen LogP contribution in [0.25, 0.3) is 0 Å². The molecule has 1 fully saturated rings. The molecule has 7 heteroatoms. The van der Waals surface area contributed by atoms with Crippen LogP contribution in [0.1, 0.15) is 12.0 Å². The monoisotopic (exact) mass is 310 g/mol. The third-order valence-electron chi connectivity index (χ3n) is 2.89. The zero-order chi connectivity index (χ0) is 12.6. The summed E-state index contributed by atoms with van der Waals surface area (Å²) in [6, 6.07) is 4.88. The second kappa shape index (κ2) is 5.75. The maximum atomic E-state index is 12.3. The van der Waals surface area contributed by atoms with E-state index in [0.717, 1.165) is 5.56 Å². The van der Waals surface area contributed by atoms with Gasteiger partial charge in [-0.3, -0.25) is 0 Å². The van der Waals surface area contributed by atoms with Crippen LogP contribution < -0.4 is 5.73 Å². The van der Waals surface area contributed by atoms with E-state index in [1.165, 1.54) is 4.31 Å². The molecule has 0 bridgehead atoms. The summed E-state index contributed by atoms with van der Waals surface area (Å²) in [6.07, 6.45) is 0.697. The van der Waals surface area contributed by atoms with Gasteiger partial charge in [0.1, 0.15) is 4.90 Å². The number of hydrogen-bond acceptors (Lipinski definition) is 3. The third-order valence-corrected chi connectivity index (χ3v) is 5.24. The van der Waals surface area contributed by atoms with E-state index in [4.69, 9.17) is 17.3 Å². The first-order chi connectivity index (χ1) is 7.91. The van der Waals surface area contributed by atoms with E-state index in [0.29, 0.717) is 19.5 Å². The molecule has 0 saturated carbocycles. The number of sulfonamides is 1. The Hall–Kier alpha value is -0.330. The normalized spacial score (nSPS) is 20.7. The van der Waals surface area contributed by atoms with Crippen molar-refractivity contribution in [3.63, 3.8) is 0 Å². The van der Waals surface area contributed by atoms with Crippen molar-refractivity contribution in [1.82, 2.24) is 4.31 Å². The molecule has 1 aliphatic heterocycles. The Morgan fingerprint density at radius 1 is 1.44 bits per heavy atom. The van der Waals surface area contributed by atoms with Crippen molar-refractivity contribution in [2.45, 2.75) is 24.3 Å². The topological polar surface area (TPSA) is 63.4 Å². The maximum absolute atomic E-state index is 12.3. The van der Waals surface area contributed by atoms with Crippen molar-refractivity contribution in [3.8, 4) is 0 Å². The molecule has 18 heavy (non-hydrogen) atoms. The van der Waals surface area contributed by atoms with Gasteiger partial charge in [-0.2, -0.15) is 4.31 Å². The highest BCUT2D eigenvalue weighted by Crippen LogP contribution is 2.27. The summed E-state index contributed by atoms with van der Waals surface area (Å²) in [5.41, 5.74) is 6.66. The molecule has 4 nitrogen and oxygen atoms in total. The van der Waals surface area contributed by atoms with Crippen LogP contribution >= 0.6 is 24.0 Å². The van der Waals surface area contributed by atoms with Crippen LogP contribution in [0.15, 0.2) is 23.1 Å². The molecule has 1 aliphatic rings. The molecule has 0 aromatic heterocycles. The van der Waals surface area contributed by atoms with Crippen LogP contribution in [0.3, 0.4) is 0 Å². The van der Waals surface area contributed by atoms with E-state index in [1.807, 2.05) is 6.92 Å². The van der Waals surface area contributed by atoms with Crippen molar-refractivity contribution < 1.29 is 8.42 Å². The summed E-state index contributed by atoms with van der Waals surface area (Å²) >= 11 is 5.99. The lowest BCUT2D eigenvalue weighted by Crippen LogP contribution is -2.32. The standard InChI is InChI=1S/C11H15ClN2O2S.ClH/c1-8-2-3-11(10(12)6-8)17(15,16)14-5-4-9(13)7-14;/h2-3,6,9H,4-5,7,13H2,1H3;1H. The van der Waals surface area contributed by atoms with Crippen LogP contribution in [0.2, 0.25) is 5.02 Å². The van der Waals surface area contributed by atoms with E-state index < -0.39 is 10.0 Å². The van der Waals surface area contributed by atoms with Gasteiger partial charge < -0.3 is 5.73 Å². The van der Waals surface area contributed by atoms with Crippen molar-refractivity contribution in [1.29, 1.82) is 0 Å². The Morgan fingerprint density at radius 2 is 2.11 bits per heavy atom. The van der Waals surface area contributed by atoms with Crippen molar-refractivity contribution in [2.24, 2.45) is 5.73 Å². The van der Waals surface area contributed by atoms with E-state index in [-0.39, 0.29) is 28.4 Å². The van der Waals surface area contributed by atoms with E-state index in [2.05, 4.69) is 0 Å². The molecule has 1 atom stereocenters. The van der Waals surface area contributed by atoms with Crippen LogP contribution in [0, 0.1) is 6.92 Å². The molecule has 102 valence electrons. The van der Waals surface area contributed by atoms with E-state index in [1.54, 1.807) is 18.2 Å². The molecule has 0 radical (unpaired) electrons. The number of benzene rings is 1. The van der Waals surface area contributed by atoms with Gasteiger partial charge in [0.2, 0.25) is 10.0 Å². The van der Waals surface area contributed by atoms with Crippen molar-refractivity contribution in [3.05, 3.63) is 28.8 Å². The molecule has 1 aromatic carbocycles. The molecule has 2 N–H and O–H groups in total. The number of nitrogens with zero attached hydrogens (tertiary/aromatic N) is 1. The Bertz CT molecular complexity index is 534. The molecule has 2 rings (SSSR count). The van der Waals surface area contributed by atoms with Crippen LogP contribution in [-0.4, -0.2) is 31.9 Å². The Kier molecular flexibility index (Phi) is 5.03. The third kappa shape index (κ3) is 2.97. The lowest BCUT2D eigenvalue weighted by molar-refractivity contribution is 0.472. The van der Waals surface area contributed by atoms with Gasteiger partial charge in [0.25, 0.3) is 0 Å². The fraction of sp³-hybridized carbons (Fsp3) is 0.455. The zero-order valence-electron chi connectivity index (χ0n) is 9.97. The molecule has 1 saturated heterocycles. The Balaban J connectivity index is 0.00000162. The predicted octanol–water partition coefficient (Wildman–Crippen LogP) is 1.79. The van der Waals surface area contributed by atoms with Gasteiger partial charge in [-0.15, -0.1) is 12.4 Å². The molecule has 0 amide bonds. The molecular formula is C11H16Cl2N2O2S. The number of nitrogens with two attached hydrogens (primary N) is 1. The van der Waals surface area contributed by atoms with Crippen molar-refractivity contribution >= 4 is 34.0 Å². The quantitative estimate of drug-likeness (QED) is 0.906. The fourth-order valence-corrected chi connectivity index (χ4v) is 4.01. The van der Waals surface area contributed by atoms with Crippen molar-refractivity contribution in [2.75, 3.05) is 13.1 Å². The summed E-state index contributed by atoms with van der Waals surface area (Å²) < 4.78 is 26.0. The largest absolute Gasteiger partial charge is 0.326 e. The Labute approximate surface area is 119 Å². The highest BCUT2D eigenvalue weighted by Gasteiger charge is 2.32. The van der Waals surface area contributed by atoms with E-state index in [9.17, 15) is 8.42 Å². The lowest BCUT2D eigenvalue weighted by Gasteiger charge is -2.17. The van der Waals surface area contributed by atoms with Gasteiger partial charge in [-0.25, -0.2) is 8.42 Å². The summed E-state index contributed by atoms with van der Waals surface area (Å²) in [5, 5.41) is 0.269. The van der Waals surface area contributed by atoms with Crippen LogP contribution in [-0.2, 0) is 10.0 Å². The number of hydrogen-bond donors (Lipinski definition) is 1. The molecule has 0 aliphatic carbocycles. The van der Waals surface area contributed by atoms with Crippen LogP contribution in [0.4, 0.5) is 0 Å². The zero-order valence-corrected chi connectivity index (χ0v) is 12.4. The predicted molar refractivity (Wildman–Crippen MR) is 74.8 cm³/mol. The fourth-order valence-electron chi connectivity index (χ4n) is 1.93. The summed E-state index contributed by atoms with van der Waals surface area (Å²) in [4.78, 5) is 0.166. The number of aryl methyl sites for hydroxylation is 1. The summed E-state index contributed by atoms with van der Waals surface area (Å²) in [7, 11) is -3.50. The summed E-state index contributed by atoms with van der Waals surface area (Å²) in [5.74, 6) is 0. The molecule has 1 heterocycles. The van der Waals surface area contributed by atoms with Gasteiger partial charge in [-0.1, -0.05) is 17.7 Å².